The number of anilines is 1. The second kappa shape index (κ2) is 4.57. The van der Waals surface area contributed by atoms with E-state index in [0.29, 0.717) is 6.42 Å². The van der Waals surface area contributed by atoms with Gasteiger partial charge in [-0.3, -0.25) is 9.59 Å². The Morgan fingerprint density at radius 1 is 1.53 bits per heavy atom. The van der Waals surface area contributed by atoms with Crippen molar-refractivity contribution in [1.82, 2.24) is 0 Å². The Labute approximate surface area is 99.6 Å². The molecule has 0 spiro atoms. The summed E-state index contributed by atoms with van der Waals surface area (Å²) in [4.78, 5) is 21.8. The molecule has 0 aromatic heterocycles. The highest BCUT2D eigenvalue weighted by molar-refractivity contribution is 5.99. The topological polar surface area (TPSA) is 66.4 Å². The molecule has 4 heteroatoms. The Kier molecular flexibility index (Phi) is 3.13. The van der Waals surface area contributed by atoms with Crippen LogP contribution in [-0.2, 0) is 22.4 Å². The number of rotatable bonds is 4. The third-order valence-electron chi connectivity index (χ3n) is 2.90. The molecule has 0 bridgehead atoms. The minimum absolute atomic E-state index is 0.0238. The Morgan fingerprint density at radius 3 is 3.00 bits per heavy atom. The zero-order chi connectivity index (χ0) is 12.4. The molecule has 1 heterocycles. The van der Waals surface area contributed by atoms with E-state index in [1.807, 2.05) is 25.1 Å². The Hall–Kier alpha value is -1.84. The van der Waals surface area contributed by atoms with Crippen molar-refractivity contribution in [2.24, 2.45) is 5.92 Å². The molecule has 90 valence electrons. The maximum atomic E-state index is 11.2. The minimum atomic E-state index is -0.768. The van der Waals surface area contributed by atoms with E-state index in [4.69, 9.17) is 5.11 Å². The summed E-state index contributed by atoms with van der Waals surface area (Å²) in [5, 5.41) is 11.5. The van der Waals surface area contributed by atoms with Crippen LogP contribution in [0.15, 0.2) is 18.2 Å². The fourth-order valence-corrected chi connectivity index (χ4v) is 2.18. The molecule has 1 atom stereocenters. The van der Waals surface area contributed by atoms with Crippen LogP contribution in [0.5, 0.6) is 0 Å². The standard InChI is InChI=1S/C13H15NO3/c1-8(5-13(16)17)4-9-2-3-11-10(6-9)7-12(15)14-11/h2-3,6,8H,4-5,7H2,1H3,(H,14,15)(H,16,17). The van der Waals surface area contributed by atoms with Gasteiger partial charge in [0.2, 0.25) is 5.91 Å². The van der Waals surface area contributed by atoms with Crippen LogP contribution in [0.2, 0.25) is 0 Å². The van der Waals surface area contributed by atoms with Crippen LogP contribution in [0.1, 0.15) is 24.5 Å². The number of benzene rings is 1. The van der Waals surface area contributed by atoms with Crippen molar-refractivity contribution < 1.29 is 14.7 Å². The minimum Gasteiger partial charge on any atom is -0.481 e. The highest BCUT2D eigenvalue weighted by Crippen LogP contribution is 2.25. The quantitative estimate of drug-likeness (QED) is 0.833. The summed E-state index contributed by atoms with van der Waals surface area (Å²) < 4.78 is 0. The predicted molar refractivity (Wildman–Crippen MR) is 63.9 cm³/mol. The van der Waals surface area contributed by atoms with Crippen LogP contribution in [0.25, 0.3) is 0 Å². The van der Waals surface area contributed by atoms with Crippen molar-refractivity contribution >= 4 is 17.6 Å². The van der Waals surface area contributed by atoms with Crippen LogP contribution < -0.4 is 5.32 Å². The molecule has 1 aliphatic heterocycles. The first-order chi connectivity index (χ1) is 8.04. The predicted octanol–water partition coefficient (Wildman–Crippen LogP) is 1.83. The largest absolute Gasteiger partial charge is 0.481 e. The fourth-order valence-electron chi connectivity index (χ4n) is 2.18. The zero-order valence-electron chi connectivity index (χ0n) is 9.69. The monoisotopic (exact) mass is 233 g/mol. The van der Waals surface area contributed by atoms with Gasteiger partial charge in [0.05, 0.1) is 6.42 Å². The van der Waals surface area contributed by atoms with Gasteiger partial charge in [0.25, 0.3) is 0 Å². The summed E-state index contributed by atoms with van der Waals surface area (Å²) in [5.74, 6) is -0.637. The van der Waals surface area contributed by atoms with E-state index < -0.39 is 5.97 Å². The van der Waals surface area contributed by atoms with Gasteiger partial charge >= 0.3 is 5.97 Å². The number of hydrogen-bond acceptors (Lipinski definition) is 2. The van der Waals surface area contributed by atoms with Gasteiger partial charge in [0.1, 0.15) is 0 Å². The van der Waals surface area contributed by atoms with Crippen LogP contribution in [0.4, 0.5) is 5.69 Å². The molecular weight excluding hydrogens is 218 g/mol. The van der Waals surface area contributed by atoms with Crippen molar-refractivity contribution in [3.63, 3.8) is 0 Å². The molecule has 2 N–H and O–H groups in total. The van der Waals surface area contributed by atoms with Crippen LogP contribution in [0, 0.1) is 5.92 Å². The molecule has 17 heavy (non-hydrogen) atoms. The first kappa shape index (κ1) is 11.6. The average molecular weight is 233 g/mol. The van der Waals surface area contributed by atoms with Gasteiger partial charge in [0, 0.05) is 12.1 Å². The highest BCUT2D eigenvalue weighted by atomic mass is 16.4. The van der Waals surface area contributed by atoms with Crippen LogP contribution in [-0.4, -0.2) is 17.0 Å². The number of fused-ring (bicyclic) bond motifs is 1. The number of carboxylic acids is 1. The van der Waals surface area contributed by atoms with Gasteiger partial charge in [-0.05, 0) is 29.5 Å². The van der Waals surface area contributed by atoms with E-state index >= 15 is 0 Å². The summed E-state index contributed by atoms with van der Waals surface area (Å²) in [7, 11) is 0. The summed E-state index contributed by atoms with van der Waals surface area (Å²) in [5.41, 5.74) is 2.98. The lowest BCUT2D eigenvalue weighted by Gasteiger charge is -2.09. The molecule has 0 radical (unpaired) electrons. The van der Waals surface area contributed by atoms with Crippen molar-refractivity contribution in [3.8, 4) is 0 Å². The van der Waals surface area contributed by atoms with Gasteiger partial charge in [-0.15, -0.1) is 0 Å². The number of nitrogens with one attached hydrogen (secondary N) is 1. The van der Waals surface area contributed by atoms with Crippen LogP contribution in [0.3, 0.4) is 0 Å². The van der Waals surface area contributed by atoms with Gasteiger partial charge in [-0.25, -0.2) is 0 Å². The first-order valence-corrected chi connectivity index (χ1v) is 5.68. The van der Waals surface area contributed by atoms with Crippen molar-refractivity contribution in [3.05, 3.63) is 29.3 Å². The summed E-state index contributed by atoms with van der Waals surface area (Å²) in [6.07, 6.45) is 1.33. The van der Waals surface area contributed by atoms with Gasteiger partial charge in [-0.2, -0.15) is 0 Å². The molecule has 1 amide bonds. The highest BCUT2D eigenvalue weighted by Gasteiger charge is 2.18. The number of hydrogen-bond donors (Lipinski definition) is 2. The molecule has 2 rings (SSSR count). The molecule has 1 aliphatic rings. The molecule has 0 fully saturated rings. The van der Waals surface area contributed by atoms with Gasteiger partial charge in [0.15, 0.2) is 0 Å². The molecule has 0 aliphatic carbocycles. The molecule has 1 aromatic carbocycles. The van der Waals surface area contributed by atoms with Crippen molar-refractivity contribution in [1.29, 1.82) is 0 Å². The third-order valence-corrected chi connectivity index (χ3v) is 2.90. The van der Waals surface area contributed by atoms with Gasteiger partial charge < -0.3 is 10.4 Å². The van der Waals surface area contributed by atoms with E-state index in [2.05, 4.69) is 5.32 Å². The Balaban J connectivity index is 2.06. The number of carbonyl (C=O) groups excluding carboxylic acids is 1. The van der Waals surface area contributed by atoms with E-state index in [-0.39, 0.29) is 18.2 Å². The number of amides is 1. The Bertz CT molecular complexity index is 468. The molecule has 1 unspecified atom stereocenters. The molecule has 0 saturated heterocycles. The lowest BCUT2D eigenvalue weighted by molar-refractivity contribution is -0.137. The fraction of sp³-hybridized carbons (Fsp3) is 0.385. The number of carboxylic acid groups (broad SMARTS) is 1. The van der Waals surface area contributed by atoms with Crippen LogP contribution >= 0.6 is 0 Å². The van der Waals surface area contributed by atoms with Crippen molar-refractivity contribution in [2.45, 2.75) is 26.2 Å². The third kappa shape index (κ3) is 2.84. The van der Waals surface area contributed by atoms with E-state index in [0.717, 1.165) is 23.2 Å². The SMILES string of the molecule is CC(CC(=O)O)Cc1ccc2c(c1)CC(=O)N2. The number of carbonyl (C=O) groups is 2. The summed E-state index contributed by atoms with van der Waals surface area (Å²) in [6.45, 7) is 1.92. The lowest BCUT2D eigenvalue weighted by Crippen LogP contribution is -2.07. The zero-order valence-corrected chi connectivity index (χ0v) is 9.69. The van der Waals surface area contributed by atoms with E-state index in [1.54, 1.807) is 0 Å². The normalized spacial score (nSPS) is 15.2. The molecule has 0 saturated carbocycles. The second-order valence-electron chi connectivity index (χ2n) is 4.62. The smallest absolute Gasteiger partial charge is 0.303 e. The summed E-state index contributed by atoms with van der Waals surface area (Å²) >= 11 is 0. The maximum absolute atomic E-state index is 11.2. The maximum Gasteiger partial charge on any atom is 0.303 e. The van der Waals surface area contributed by atoms with E-state index in [1.165, 1.54) is 0 Å². The molecule has 1 aromatic rings. The Morgan fingerprint density at radius 2 is 2.29 bits per heavy atom. The second-order valence-corrected chi connectivity index (χ2v) is 4.62. The van der Waals surface area contributed by atoms with Crippen molar-refractivity contribution in [2.75, 3.05) is 5.32 Å². The molecule has 4 nitrogen and oxygen atoms in total. The molecular formula is C13H15NO3. The number of aliphatic carboxylic acids is 1. The summed E-state index contributed by atoms with van der Waals surface area (Å²) in [6, 6.07) is 5.83. The average Bonchev–Trinajstić information content (AvgIpc) is 2.55. The lowest BCUT2D eigenvalue weighted by atomic mass is 9.96. The van der Waals surface area contributed by atoms with E-state index in [9.17, 15) is 9.59 Å². The van der Waals surface area contributed by atoms with Gasteiger partial charge in [-0.1, -0.05) is 19.1 Å². The first-order valence-electron chi connectivity index (χ1n) is 5.68.